The number of carbonyl (C=O) groups is 1. The molecular weight excluding hydrogens is 333 g/mol. The van der Waals surface area contributed by atoms with E-state index < -0.39 is 11.7 Å². The minimum absolute atomic E-state index is 0.0162. The number of ether oxygens (including phenoxy) is 1. The second-order valence-electron chi connectivity index (χ2n) is 4.07. The van der Waals surface area contributed by atoms with Crippen LogP contribution in [0, 0.1) is 0 Å². The molecule has 0 saturated carbocycles. The molecule has 0 unspecified atom stereocenters. The predicted molar refractivity (Wildman–Crippen MR) is 69.6 cm³/mol. The van der Waals surface area contributed by atoms with Crippen LogP contribution in [0.15, 0.2) is 4.47 Å². The first-order chi connectivity index (χ1) is 7.69. The van der Waals surface area contributed by atoms with Gasteiger partial charge < -0.3 is 4.74 Å². The fourth-order valence-corrected chi connectivity index (χ4v) is 1.41. The molecule has 8 heteroatoms. The van der Waals surface area contributed by atoms with Crippen molar-refractivity contribution in [1.82, 2.24) is 9.97 Å². The van der Waals surface area contributed by atoms with Gasteiger partial charge in [-0.05, 0) is 36.7 Å². The quantitative estimate of drug-likeness (QED) is 0.786. The van der Waals surface area contributed by atoms with Gasteiger partial charge >= 0.3 is 6.09 Å². The summed E-state index contributed by atoms with van der Waals surface area (Å²) in [4.78, 5) is 19.1. The van der Waals surface area contributed by atoms with Crippen LogP contribution < -0.4 is 5.32 Å². The van der Waals surface area contributed by atoms with E-state index in [9.17, 15) is 4.79 Å². The Hall–Kier alpha value is -0.590. The van der Waals surface area contributed by atoms with Gasteiger partial charge in [-0.3, -0.25) is 5.32 Å². The molecule has 0 aromatic carbocycles. The number of halogens is 3. The number of hydrogen-bond acceptors (Lipinski definition) is 4. The number of rotatable bonds is 1. The highest BCUT2D eigenvalue weighted by Crippen LogP contribution is 2.28. The van der Waals surface area contributed by atoms with Gasteiger partial charge in [0.05, 0.1) is 4.47 Å². The molecule has 1 heterocycles. The van der Waals surface area contributed by atoms with Crippen molar-refractivity contribution in [2.24, 2.45) is 0 Å². The third-order valence-electron chi connectivity index (χ3n) is 1.38. The molecule has 0 fully saturated rings. The fraction of sp³-hybridized carbons (Fsp3) is 0.444. The van der Waals surface area contributed by atoms with Gasteiger partial charge in [-0.1, -0.05) is 23.2 Å². The van der Waals surface area contributed by atoms with Crippen LogP contribution in [0.25, 0.3) is 0 Å². The van der Waals surface area contributed by atoms with Gasteiger partial charge in [0.1, 0.15) is 15.9 Å². The summed E-state index contributed by atoms with van der Waals surface area (Å²) in [5.74, 6) is -0.0162. The van der Waals surface area contributed by atoms with E-state index in [2.05, 4.69) is 31.2 Å². The van der Waals surface area contributed by atoms with Gasteiger partial charge in [-0.25, -0.2) is 4.79 Å². The SMILES string of the molecule is CC(C)(C)OC(=O)Nc1nc(Cl)c(Br)c(Cl)n1. The summed E-state index contributed by atoms with van der Waals surface area (Å²) in [6.07, 6.45) is -0.674. The maximum absolute atomic E-state index is 11.4. The average molecular weight is 343 g/mol. The van der Waals surface area contributed by atoms with Crippen molar-refractivity contribution in [3.63, 3.8) is 0 Å². The van der Waals surface area contributed by atoms with Crippen LogP contribution in [0.4, 0.5) is 10.7 Å². The summed E-state index contributed by atoms with van der Waals surface area (Å²) >= 11 is 14.6. The summed E-state index contributed by atoms with van der Waals surface area (Å²) in [5, 5.41) is 2.55. The van der Waals surface area contributed by atoms with Crippen LogP contribution in [0.5, 0.6) is 0 Å². The number of carbonyl (C=O) groups excluding carboxylic acids is 1. The number of hydrogen-bond donors (Lipinski definition) is 1. The van der Waals surface area contributed by atoms with Crippen LogP contribution >= 0.6 is 39.1 Å². The smallest absolute Gasteiger partial charge is 0.414 e. The number of aromatic nitrogens is 2. The lowest BCUT2D eigenvalue weighted by atomic mass is 10.2. The highest BCUT2D eigenvalue weighted by molar-refractivity contribution is 9.10. The molecule has 0 atom stereocenters. The van der Waals surface area contributed by atoms with Crippen LogP contribution in [-0.2, 0) is 4.74 Å². The van der Waals surface area contributed by atoms with E-state index >= 15 is 0 Å². The van der Waals surface area contributed by atoms with E-state index in [1.54, 1.807) is 20.8 Å². The Labute approximate surface area is 117 Å². The third kappa shape index (κ3) is 4.65. The topological polar surface area (TPSA) is 64.1 Å². The molecule has 1 aromatic heterocycles. The Bertz CT molecular complexity index is 425. The van der Waals surface area contributed by atoms with Crippen molar-refractivity contribution in [2.45, 2.75) is 26.4 Å². The standard InChI is InChI=1S/C9H10BrCl2N3O2/c1-9(2,3)17-8(16)15-7-13-5(11)4(10)6(12)14-7/h1-3H3,(H,13,14,15,16). The largest absolute Gasteiger partial charge is 0.444 e. The minimum Gasteiger partial charge on any atom is -0.444 e. The van der Waals surface area contributed by atoms with E-state index in [0.717, 1.165) is 0 Å². The number of nitrogens with zero attached hydrogens (tertiary/aromatic N) is 2. The fourth-order valence-electron chi connectivity index (χ4n) is 0.845. The van der Waals surface area contributed by atoms with Crippen LogP contribution in [0.3, 0.4) is 0 Å². The van der Waals surface area contributed by atoms with E-state index in [0.29, 0.717) is 4.47 Å². The Kier molecular flexibility index (Phi) is 4.57. The molecule has 1 N–H and O–H groups in total. The molecular formula is C9H10BrCl2N3O2. The van der Waals surface area contributed by atoms with Crippen LogP contribution in [0.1, 0.15) is 20.8 Å². The summed E-state index contributed by atoms with van der Waals surface area (Å²) < 4.78 is 5.39. The second kappa shape index (κ2) is 5.37. The minimum atomic E-state index is -0.674. The average Bonchev–Trinajstić information content (AvgIpc) is 2.10. The molecule has 0 bridgehead atoms. The van der Waals surface area contributed by atoms with Gasteiger partial charge in [-0.2, -0.15) is 9.97 Å². The van der Waals surface area contributed by atoms with Crippen molar-refractivity contribution >= 4 is 51.2 Å². The van der Waals surface area contributed by atoms with E-state index in [-0.39, 0.29) is 16.3 Å². The Balaban J connectivity index is 2.79. The van der Waals surface area contributed by atoms with Crippen molar-refractivity contribution in [1.29, 1.82) is 0 Å². The van der Waals surface area contributed by atoms with E-state index in [1.807, 2.05) is 0 Å². The van der Waals surface area contributed by atoms with Crippen molar-refractivity contribution in [3.05, 3.63) is 14.8 Å². The third-order valence-corrected chi connectivity index (χ3v) is 3.14. The van der Waals surface area contributed by atoms with Crippen molar-refractivity contribution in [3.8, 4) is 0 Å². The molecule has 1 aromatic rings. The zero-order valence-corrected chi connectivity index (χ0v) is 12.4. The summed E-state index contributed by atoms with van der Waals surface area (Å²) in [7, 11) is 0. The van der Waals surface area contributed by atoms with E-state index in [1.165, 1.54) is 0 Å². The number of amides is 1. The highest BCUT2D eigenvalue weighted by atomic mass is 79.9. The first-order valence-corrected chi connectivity index (χ1v) is 6.12. The zero-order chi connectivity index (χ0) is 13.2. The van der Waals surface area contributed by atoms with Crippen molar-refractivity contribution in [2.75, 3.05) is 5.32 Å². The molecule has 0 radical (unpaired) electrons. The Morgan fingerprint density at radius 2 is 1.76 bits per heavy atom. The number of nitrogens with one attached hydrogen (secondary N) is 1. The summed E-state index contributed by atoms with van der Waals surface area (Å²) in [6, 6.07) is 0. The molecule has 1 amide bonds. The zero-order valence-electron chi connectivity index (χ0n) is 9.34. The lowest BCUT2D eigenvalue weighted by Crippen LogP contribution is -2.27. The second-order valence-corrected chi connectivity index (χ2v) is 5.58. The first-order valence-electron chi connectivity index (χ1n) is 4.57. The molecule has 94 valence electrons. The molecule has 0 aliphatic heterocycles. The number of anilines is 1. The normalized spacial score (nSPS) is 11.2. The van der Waals surface area contributed by atoms with Gasteiger partial charge in [0, 0.05) is 0 Å². The van der Waals surface area contributed by atoms with Crippen LogP contribution in [0.2, 0.25) is 10.3 Å². The van der Waals surface area contributed by atoms with E-state index in [4.69, 9.17) is 27.9 Å². The molecule has 0 aliphatic rings. The Morgan fingerprint density at radius 1 is 1.29 bits per heavy atom. The first kappa shape index (κ1) is 14.5. The van der Waals surface area contributed by atoms with Gasteiger partial charge in [0.25, 0.3) is 0 Å². The molecule has 1 rings (SSSR count). The molecule has 0 spiro atoms. The maximum atomic E-state index is 11.4. The summed E-state index contributed by atoms with van der Waals surface area (Å²) in [5.41, 5.74) is -0.604. The lowest BCUT2D eigenvalue weighted by Gasteiger charge is -2.19. The lowest BCUT2D eigenvalue weighted by molar-refractivity contribution is 0.0634. The van der Waals surface area contributed by atoms with Gasteiger partial charge in [0.2, 0.25) is 5.95 Å². The predicted octanol–water partition coefficient (Wildman–Crippen LogP) is 3.89. The Morgan fingerprint density at radius 3 is 2.18 bits per heavy atom. The maximum Gasteiger partial charge on any atom is 0.414 e. The summed E-state index contributed by atoms with van der Waals surface area (Å²) in [6.45, 7) is 5.24. The van der Waals surface area contributed by atoms with Crippen molar-refractivity contribution < 1.29 is 9.53 Å². The monoisotopic (exact) mass is 341 g/mol. The van der Waals surface area contributed by atoms with Gasteiger partial charge in [-0.15, -0.1) is 0 Å². The molecule has 17 heavy (non-hydrogen) atoms. The molecule has 5 nitrogen and oxygen atoms in total. The highest BCUT2D eigenvalue weighted by Gasteiger charge is 2.18. The van der Waals surface area contributed by atoms with Gasteiger partial charge in [0.15, 0.2) is 0 Å². The molecule has 0 aliphatic carbocycles. The molecule has 0 saturated heterocycles. The van der Waals surface area contributed by atoms with Crippen LogP contribution in [-0.4, -0.2) is 21.7 Å².